The third kappa shape index (κ3) is 4.21. The van der Waals surface area contributed by atoms with Crippen LogP contribution in [-0.2, 0) is 10.0 Å². The normalized spacial score (nSPS) is 11.7. The third-order valence-electron chi connectivity index (χ3n) is 5.53. The molecule has 5 rings (SSSR count). The van der Waals surface area contributed by atoms with Crippen LogP contribution in [0.25, 0.3) is 28.0 Å². The Morgan fingerprint density at radius 2 is 1.60 bits per heavy atom. The molecule has 0 aliphatic carbocycles. The zero-order chi connectivity index (χ0) is 24.4. The van der Waals surface area contributed by atoms with E-state index in [0.29, 0.717) is 23.5 Å². The van der Waals surface area contributed by atoms with Crippen LogP contribution in [0.1, 0.15) is 13.8 Å². The second-order valence-corrected chi connectivity index (χ2v) is 10.7. The maximum Gasteiger partial charge on any atom is 0.268 e. The molecule has 7 nitrogen and oxygen atoms in total. The molecule has 0 fully saturated rings. The quantitative estimate of drug-likeness (QED) is 0.255. The van der Waals surface area contributed by atoms with Gasteiger partial charge in [0.1, 0.15) is 5.75 Å². The summed E-state index contributed by atoms with van der Waals surface area (Å²) in [5, 5.41) is 10.5. The van der Waals surface area contributed by atoms with Gasteiger partial charge in [-0.15, -0.1) is 10.2 Å². The molecular weight excluding hydrogens is 480 g/mol. The van der Waals surface area contributed by atoms with E-state index in [9.17, 15) is 8.42 Å². The van der Waals surface area contributed by atoms with Gasteiger partial charge in [-0.2, -0.15) is 0 Å². The van der Waals surface area contributed by atoms with Gasteiger partial charge in [-0.25, -0.2) is 12.4 Å². The molecule has 0 amide bonds. The molecule has 0 atom stereocenters. The number of nitrogens with zero attached hydrogens (tertiary/aromatic N) is 4. The van der Waals surface area contributed by atoms with Crippen LogP contribution >= 0.6 is 11.8 Å². The average molecular weight is 505 g/mol. The van der Waals surface area contributed by atoms with E-state index in [1.807, 2.05) is 54.0 Å². The number of ether oxygens (including phenoxy) is 1. The molecule has 0 aliphatic heterocycles. The summed E-state index contributed by atoms with van der Waals surface area (Å²) in [7, 11) is -3.81. The van der Waals surface area contributed by atoms with Crippen molar-refractivity contribution in [3.8, 4) is 22.8 Å². The van der Waals surface area contributed by atoms with E-state index in [0.717, 1.165) is 27.7 Å². The van der Waals surface area contributed by atoms with Crippen LogP contribution in [0.15, 0.2) is 95.1 Å². The summed E-state index contributed by atoms with van der Waals surface area (Å²) in [4.78, 5) is 0.225. The van der Waals surface area contributed by atoms with Gasteiger partial charge in [-0.05, 0) is 55.1 Å². The first kappa shape index (κ1) is 23.2. The standard InChI is InChI=1S/C26H24N4O3S2/c1-3-33-20-16-14-19(15-17-20)30-25(27-28-26(30)34-4-2)23-18-29(24-13-9-8-12-22(23)24)35(31,32)21-10-6-5-7-11-21/h5-18H,3-4H2,1-2H3. The number of fused-ring (bicyclic) bond motifs is 1. The smallest absolute Gasteiger partial charge is 0.268 e. The first-order chi connectivity index (χ1) is 17.0. The highest BCUT2D eigenvalue weighted by Gasteiger charge is 2.25. The maximum absolute atomic E-state index is 13.6. The second kappa shape index (κ2) is 9.59. The largest absolute Gasteiger partial charge is 0.494 e. The number of hydrogen-bond donors (Lipinski definition) is 0. The summed E-state index contributed by atoms with van der Waals surface area (Å²) in [5.74, 6) is 2.17. The molecule has 5 aromatic rings. The highest BCUT2D eigenvalue weighted by Crippen LogP contribution is 2.35. The number of thioether (sulfide) groups is 1. The van der Waals surface area contributed by atoms with Crippen molar-refractivity contribution >= 4 is 32.7 Å². The van der Waals surface area contributed by atoms with Crippen molar-refractivity contribution in [3.05, 3.63) is 85.1 Å². The number of para-hydroxylation sites is 1. The van der Waals surface area contributed by atoms with Crippen molar-refractivity contribution in [2.45, 2.75) is 23.9 Å². The number of hydrogen-bond acceptors (Lipinski definition) is 6. The first-order valence-corrected chi connectivity index (χ1v) is 13.7. The molecule has 0 aliphatic rings. The molecule has 2 aromatic heterocycles. The summed E-state index contributed by atoms with van der Waals surface area (Å²) >= 11 is 1.57. The van der Waals surface area contributed by atoms with Gasteiger partial charge in [0.25, 0.3) is 10.0 Å². The van der Waals surface area contributed by atoms with Gasteiger partial charge in [-0.3, -0.25) is 4.57 Å². The molecule has 0 unspecified atom stereocenters. The van der Waals surface area contributed by atoms with Crippen molar-refractivity contribution < 1.29 is 13.2 Å². The third-order valence-corrected chi connectivity index (χ3v) is 8.03. The highest BCUT2D eigenvalue weighted by molar-refractivity contribution is 7.99. The first-order valence-electron chi connectivity index (χ1n) is 11.3. The number of benzene rings is 3. The Bertz CT molecular complexity index is 1570. The number of rotatable bonds is 8. The minimum absolute atomic E-state index is 0.225. The minimum atomic E-state index is -3.81. The molecule has 35 heavy (non-hydrogen) atoms. The Balaban J connectivity index is 1.72. The summed E-state index contributed by atoms with van der Waals surface area (Å²) in [6.07, 6.45) is 1.64. The van der Waals surface area contributed by atoms with Gasteiger partial charge in [0.2, 0.25) is 0 Å². The highest BCUT2D eigenvalue weighted by atomic mass is 32.2. The summed E-state index contributed by atoms with van der Waals surface area (Å²) < 4.78 is 36.0. The molecule has 9 heteroatoms. The SMILES string of the molecule is CCOc1ccc(-n2c(SCC)nnc2-c2cn(S(=O)(=O)c3ccccc3)c3ccccc23)cc1. The van der Waals surface area contributed by atoms with E-state index in [-0.39, 0.29) is 4.90 Å². The topological polar surface area (TPSA) is 79.0 Å². The van der Waals surface area contributed by atoms with Crippen LogP contribution in [0.4, 0.5) is 0 Å². The molecular formula is C26H24N4O3S2. The molecule has 0 N–H and O–H groups in total. The summed E-state index contributed by atoms with van der Waals surface area (Å²) in [5.41, 5.74) is 2.13. The van der Waals surface area contributed by atoms with Crippen LogP contribution in [0.2, 0.25) is 0 Å². The van der Waals surface area contributed by atoms with Crippen LogP contribution in [0, 0.1) is 0 Å². The van der Waals surface area contributed by atoms with Crippen LogP contribution in [0.5, 0.6) is 5.75 Å². The molecule has 0 bridgehead atoms. The van der Waals surface area contributed by atoms with Crippen molar-refractivity contribution in [2.75, 3.05) is 12.4 Å². The van der Waals surface area contributed by atoms with E-state index in [2.05, 4.69) is 17.1 Å². The lowest BCUT2D eigenvalue weighted by Crippen LogP contribution is -2.11. The molecule has 0 spiro atoms. The van der Waals surface area contributed by atoms with Crippen molar-refractivity contribution in [1.82, 2.24) is 18.7 Å². The fraction of sp³-hybridized carbons (Fsp3) is 0.154. The molecule has 0 radical (unpaired) electrons. The lowest BCUT2D eigenvalue weighted by Gasteiger charge is -2.11. The molecule has 0 saturated carbocycles. The maximum atomic E-state index is 13.6. The molecule has 178 valence electrons. The fourth-order valence-corrected chi connectivity index (χ4v) is 6.06. The van der Waals surface area contributed by atoms with Crippen LogP contribution < -0.4 is 4.74 Å². The van der Waals surface area contributed by atoms with E-state index < -0.39 is 10.0 Å². The van der Waals surface area contributed by atoms with Crippen LogP contribution in [-0.4, -0.2) is 39.5 Å². The van der Waals surface area contributed by atoms with Gasteiger partial charge in [0, 0.05) is 22.8 Å². The zero-order valence-electron chi connectivity index (χ0n) is 19.3. The predicted octanol–water partition coefficient (Wildman–Crippen LogP) is 5.64. The lowest BCUT2D eigenvalue weighted by atomic mass is 10.1. The Labute approximate surface area is 208 Å². The Morgan fingerprint density at radius 3 is 2.31 bits per heavy atom. The average Bonchev–Trinajstić information content (AvgIpc) is 3.47. The molecule has 0 saturated heterocycles. The van der Waals surface area contributed by atoms with E-state index in [1.54, 1.807) is 54.4 Å². The van der Waals surface area contributed by atoms with Gasteiger partial charge in [0.05, 0.1) is 17.0 Å². The Morgan fingerprint density at radius 1 is 0.886 bits per heavy atom. The van der Waals surface area contributed by atoms with Crippen molar-refractivity contribution in [1.29, 1.82) is 0 Å². The summed E-state index contributed by atoms with van der Waals surface area (Å²) in [6, 6.07) is 23.6. The number of aromatic nitrogens is 4. The van der Waals surface area contributed by atoms with Gasteiger partial charge < -0.3 is 4.74 Å². The van der Waals surface area contributed by atoms with E-state index >= 15 is 0 Å². The Hall–Kier alpha value is -3.56. The summed E-state index contributed by atoms with van der Waals surface area (Å²) in [6.45, 7) is 4.59. The Kier molecular flexibility index (Phi) is 6.36. The fourth-order valence-electron chi connectivity index (χ4n) is 3.99. The second-order valence-electron chi connectivity index (χ2n) is 7.68. The monoisotopic (exact) mass is 504 g/mol. The van der Waals surface area contributed by atoms with Gasteiger partial charge >= 0.3 is 0 Å². The van der Waals surface area contributed by atoms with Gasteiger partial charge in [-0.1, -0.05) is 55.1 Å². The molecule has 3 aromatic carbocycles. The van der Waals surface area contributed by atoms with E-state index in [4.69, 9.17) is 4.74 Å². The molecule has 2 heterocycles. The minimum Gasteiger partial charge on any atom is -0.494 e. The predicted molar refractivity (Wildman–Crippen MR) is 139 cm³/mol. The van der Waals surface area contributed by atoms with Gasteiger partial charge in [0.15, 0.2) is 11.0 Å². The van der Waals surface area contributed by atoms with Crippen molar-refractivity contribution in [2.24, 2.45) is 0 Å². The van der Waals surface area contributed by atoms with Crippen LogP contribution in [0.3, 0.4) is 0 Å². The lowest BCUT2D eigenvalue weighted by molar-refractivity contribution is 0.340. The van der Waals surface area contributed by atoms with Crippen molar-refractivity contribution in [3.63, 3.8) is 0 Å². The zero-order valence-corrected chi connectivity index (χ0v) is 21.0. The van der Waals surface area contributed by atoms with E-state index in [1.165, 1.54) is 3.97 Å².